The van der Waals surface area contributed by atoms with Gasteiger partial charge in [-0.3, -0.25) is 9.62 Å². The van der Waals surface area contributed by atoms with Crippen LogP contribution in [0.2, 0.25) is 0 Å². The second-order valence-electron chi connectivity index (χ2n) is 9.64. The summed E-state index contributed by atoms with van der Waals surface area (Å²) in [6, 6.07) is 17.1. The molecule has 1 aromatic heterocycles. The Kier molecular flexibility index (Phi) is 9.65. The molecule has 0 spiro atoms. The molecule has 0 radical (unpaired) electrons. The lowest BCUT2D eigenvalue weighted by molar-refractivity contribution is 0.122. The number of piperidine rings is 1. The number of thiophene rings is 1. The van der Waals surface area contributed by atoms with Gasteiger partial charge in [-0.25, -0.2) is 13.2 Å². The van der Waals surface area contributed by atoms with Crippen molar-refractivity contribution in [3.63, 3.8) is 0 Å². The zero-order chi connectivity index (χ0) is 27.0. The normalized spacial score (nSPS) is 14.7. The number of benzene rings is 2. The van der Waals surface area contributed by atoms with Crippen molar-refractivity contribution in [3.05, 3.63) is 70.9 Å². The molecular formula is C28H36N4O4S2. The van der Waals surface area contributed by atoms with Crippen molar-refractivity contribution < 1.29 is 17.9 Å². The van der Waals surface area contributed by atoms with Crippen LogP contribution in [0.3, 0.4) is 0 Å². The summed E-state index contributed by atoms with van der Waals surface area (Å²) in [5.41, 5.74) is 2.57. The second kappa shape index (κ2) is 13.1. The lowest BCUT2D eigenvalue weighted by Crippen LogP contribution is -2.49. The van der Waals surface area contributed by atoms with E-state index in [4.69, 9.17) is 4.74 Å². The van der Waals surface area contributed by atoms with Gasteiger partial charge in [0, 0.05) is 43.3 Å². The Labute approximate surface area is 229 Å². The minimum Gasteiger partial charge on any atom is -0.457 e. The zero-order valence-electron chi connectivity index (χ0n) is 21.9. The number of rotatable bonds is 11. The largest absolute Gasteiger partial charge is 0.457 e. The summed E-state index contributed by atoms with van der Waals surface area (Å²) in [6.45, 7) is 5.70. The van der Waals surface area contributed by atoms with E-state index >= 15 is 0 Å². The molecule has 10 heteroatoms. The van der Waals surface area contributed by atoms with Gasteiger partial charge in [0.05, 0.1) is 11.9 Å². The van der Waals surface area contributed by atoms with Gasteiger partial charge in [0.25, 0.3) is 0 Å². The number of hydrogen-bond donors (Lipinski definition) is 2. The fraction of sp³-hybridized carbons (Fsp3) is 0.393. The summed E-state index contributed by atoms with van der Waals surface area (Å²) >= 11 is 1.58. The number of nitrogens with one attached hydrogen (secondary N) is 2. The molecule has 1 aliphatic rings. The SMILES string of the molecule is CCCCN(C(=O)Nc1ccsc1)C1CCN(Cc2ccc(Oc3ccc(NS(C)(=O)=O)cc3)cc2)CC1. The molecule has 204 valence electrons. The van der Waals surface area contributed by atoms with E-state index in [2.05, 4.69) is 34.0 Å². The number of carbonyl (C=O) groups is 1. The van der Waals surface area contributed by atoms with Gasteiger partial charge in [-0.2, -0.15) is 11.3 Å². The molecule has 1 fully saturated rings. The number of urea groups is 1. The molecule has 0 atom stereocenters. The first-order valence-corrected chi connectivity index (χ1v) is 15.8. The third kappa shape index (κ3) is 8.47. The maximum atomic E-state index is 13.0. The van der Waals surface area contributed by atoms with Gasteiger partial charge < -0.3 is 15.0 Å². The molecule has 0 saturated carbocycles. The van der Waals surface area contributed by atoms with Gasteiger partial charge in [-0.05, 0) is 72.7 Å². The third-order valence-corrected chi connectivity index (χ3v) is 7.80. The monoisotopic (exact) mass is 556 g/mol. The van der Waals surface area contributed by atoms with E-state index in [0.717, 1.165) is 69.6 Å². The van der Waals surface area contributed by atoms with Crippen molar-refractivity contribution in [1.29, 1.82) is 0 Å². The fourth-order valence-corrected chi connectivity index (χ4v) is 5.71. The van der Waals surface area contributed by atoms with E-state index < -0.39 is 10.0 Å². The van der Waals surface area contributed by atoms with Crippen molar-refractivity contribution >= 4 is 38.8 Å². The average molecular weight is 557 g/mol. The number of ether oxygens (including phenoxy) is 1. The maximum Gasteiger partial charge on any atom is 0.322 e. The fourth-order valence-electron chi connectivity index (χ4n) is 4.56. The van der Waals surface area contributed by atoms with Crippen LogP contribution in [0.15, 0.2) is 65.4 Å². The Hall–Kier alpha value is -3.08. The summed E-state index contributed by atoms with van der Waals surface area (Å²) in [5.74, 6) is 1.36. The summed E-state index contributed by atoms with van der Waals surface area (Å²) < 4.78 is 31.0. The van der Waals surface area contributed by atoms with Crippen LogP contribution >= 0.6 is 11.3 Å². The molecular weight excluding hydrogens is 520 g/mol. The molecule has 1 saturated heterocycles. The van der Waals surface area contributed by atoms with Crippen LogP contribution in [-0.2, 0) is 16.6 Å². The van der Waals surface area contributed by atoms with Crippen molar-refractivity contribution in [2.45, 2.75) is 45.2 Å². The van der Waals surface area contributed by atoms with Crippen LogP contribution in [0.1, 0.15) is 38.2 Å². The summed E-state index contributed by atoms with van der Waals surface area (Å²) in [6.07, 6.45) is 5.12. The minimum absolute atomic E-state index is 0.00666. The van der Waals surface area contributed by atoms with Gasteiger partial charge in [-0.1, -0.05) is 25.5 Å². The zero-order valence-corrected chi connectivity index (χ0v) is 23.6. The molecule has 2 heterocycles. The summed E-state index contributed by atoms with van der Waals surface area (Å²) in [4.78, 5) is 17.5. The summed E-state index contributed by atoms with van der Waals surface area (Å²) in [7, 11) is -3.31. The first kappa shape index (κ1) is 27.9. The van der Waals surface area contributed by atoms with Crippen LogP contribution in [-0.4, -0.2) is 56.2 Å². The molecule has 2 N–H and O–H groups in total. The quantitative estimate of drug-likeness (QED) is 0.293. The van der Waals surface area contributed by atoms with Crippen LogP contribution in [0.5, 0.6) is 11.5 Å². The number of nitrogens with zero attached hydrogens (tertiary/aromatic N) is 2. The van der Waals surface area contributed by atoms with E-state index in [9.17, 15) is 13.2 Å². The lowest BCUT2D eigenvalue weighted by Gasteiger charge is -2.38. The first-order valence-electron chi connectivity index (χ1n) is 13.0. The van der Waals surface area contributed by atoms with Gasteiger partial charge in [-0.15, -0.1) is 0 Å². The topological polar surface area (TPSA) is 91.0 Å². The molecule has 1 aliphatic heterocycles. The number of amides is 2. The number of anilines is 2. The number of carbonyl (C=O) groups excluding carboxylic acids is 1. The molecule has 2 aromatic carbocycles. The molecule has 2 amide bonds. The van der Waals surface area contributed by atoms with Crippen LogP contribution < -0.4 is 14.8 Å². The molecule has 38 heavy (non-hydrogen) atoms. The maximum absolute atomic E-state index is 13.0. The molecule has 4 rings (SSSR count). The standard InChI is InChI=1S/C28H36N4O4S2/c1-3-4-16-32(28(33)29-24-15-19-37-21-24)25-13-17-31(18-14-25)20-22-5-9-26(10-6-22)36-27-11-7-23(8-12-27)30-38(2,34)35/h5-12,15,19,21,25,30H,3-4,13-14,16-18,20H2,1-2H3,(H,29,33). The highest BCUT2D eigenvalue weighted by Crippen LogP contribution is 2.25. The lowest BCUT2D eigenvalue weighted by atomic mass is 10.0. The molecule has 3 aromatic rings. The third-order valence-electron chi connectivity index (χ3n) is 6.51. The molecule has 8 nitrogen and oxygen atoms in total. The smallest absolute Gasteiger partial charge is 0.322 e. The molecule has 0 unspecified atom stereocenters. The van der Waals surface area contributed by atoms with Crippen LogP contribution in [0, 0.1) is 0 Å². The van der Waals surface area contributed by atoms with Gasteiger partial charge >= 0.3 is 6.03 Å². The van der Waals surface area contributed by atoms with Gasteiger partial charge in [0.1, 0.15) is 11.5 Å². The van der Waals surface area contributed by atoms with Crippen LogP contribution in [0.25, 0.3) is 0 Å². The number of likely N-dealkylation sites (tertiary alicyclic amines) is 1. The van der Waals surface area contributed by atoms with Crippen molar-refractivity contribution in [3.8, 4) is 11.5 Å². The summed E-state index contributed by atoms with van der Waals surface area (Å²) in [5, 5.41) is 6.99. The number of sulfonamides is 1. The average Bonchev–Trinajstić information content (AvgIpc) is 3.40. The van der Waals surface area contributed by atoms with Crippen molar-refractivity contribution in [2.75, 3.05) is 35.9 Å². The van der Waals surface area contributed by atoms with Crippen LogP contribution in [0.4, 0.5) is 16.2 Å². The highest BCUT2D eigenvalue weighted by molar-refractivity contribution is 7.92. The number of unbranched alkanes of at least 4 members (excludes halogenated alkanes) is 1. The molecule has 0 aliphatic carbocycles. The van der Waals surface area contributed by atoms with E-state index in [-0.39, 0.29) is 12.1 Å². The second-order valence-corrected chi connectivity index (χ2v) is 12.2. The Bertz CT molecular complexity index is 1260. The van der Waals surface area contributed by atoms with E-state index in [1.165, 1.54) is 5.56 Å². The Morgan fingerprint density at radius 3 is 2.26 bits per heavy atom. The Morgan fingerprint density at radius 1 is 1.03 bits per heavy atom. The predicted molar refractivity (Wildman–Crippen MR) is 155 cm³/mol. The number of hydrogen-bond acceptors (Lipinski definition) is 6. The Morgan fingerprint density at radius 2 is 1.68 bits per heavy atom. The highest BCUT2D eigenvalue weighted by Gasteiger charge is 2.27. The first-order chi connectivity index (χ1) is 18.3. The van der Waals surface area contributed by atoms with Gasteiger partial charge in [0.15, 0.2) is 0 Å². The van der Waals surface area contributed by atoms with E-state index in [0.29, 0.717) is 11.4 Å². The minimum atomic E-state index is -3.31. The van der Waals surface area contributed by atoms with Gasteiger partial charge in [0.2, 0.25) is 10.0 Å². The van der Waals surface area contributed by atoms with E-state index in [1.54, 1.807) is 35.6 Å². The van der Waals surface area contributed by atoms with Crippen molar-refractivity contribution in [1.82, 2.24) is 9.80 Å². The molecule has 0 bridgehead atoms. The van der Waals surface area contributed by atoms with E-state index in [1.807, 2.05) is 33.9 Å². The van der Waals surface area contributed by atoms with Crippen molar-refractivity contribution in [2.24, 2.45) is 0 Å². The Balaban J connectivity index is 1.26. The highest BCUT2D eigenvalue weighted by atomic mass is 32.2. The predicted octanol–water partition coefficient (Wildman–Crippen LogP) is 6.21.